The number of aryl methyl sites for hydroxylation is 2. The molecule has 29 heavy (non-hydrogen) atoms. The highest BCUT2D eigenvalue weighted by atomic mass is 79.9. The van der Waals surface area contributed by atoms with Crippen LogP contribution in [-0.2, 0) is 11.3 Å². The Morgan fingerprint density at radius 3 is 2.62 bits per heavy atom. The Bertz CT molecular complexity index is 1170. The quantitative estimate of drug-likeness (QED) is 0.575. The summed E-state index contributed by atoms with van der Waals surface area (Å²) in [6, 6.07) is 11.0. The molecule has 0 aliphatic carbocycles. The van der Waals surface area contributed by atoms with Gasteiger partial charge in [0.05, 0.1) is 11.1 Å². The molecule has 3 amide bonds. The number of aromatic amines is 1. The molecule has 6 nitrogen and oxygen atoms in total. The number of hydrogen-bond donors (Lipinski definition) is 2. The number of aromatic nitrogens is 1. The fourth-order valence-corrected chi connectivity index (χ4v) is 3.95. The van der Waals surface area contributed by atoms with Gasteiger partial charge in [0.25, 0.3) is 11.8 Å². The summed E-state index contributed by atoms with van der Waals surface area (Å²) in [4.78, 5) is 41.6. The SMILES string of the molecule is Cc1[nH]c2ccc(CNC(=O)CCN3C(=O)c4ccc(Br)cc4C3=O)cc2c1C. The summed E-state index contributed by atoms with van der Waals surface area (Å²) in [5, 5.41) is 4.01. The van der Waals surface area contributed by atoms with E-state index < -0.39 is 0 Å². The second-order valence-electron chi connectivity index (χ2n) is 7.23. The van der Waals surface area contributed by atoms with Crippen LogP contribution in [-0.4, -0.2) is 34.2 Å². The van der Waals surface area contributed by atoms with Gasteiger partial charge in [-0.3, -0.25) is 19.3 Å². The first kappa shape index (κ1) is 19.4. The minimum atomic E-state index is -0.358. The molecule has 1 aliphatic heterocycles. The monoisotopic (exact) mass is 453 g/mol. The van der Waals surface area contributed by atoms with Gasteiger partial charge in [-0.2, -0.15) is 0 Å². The molecule has 0 saturated heterocycles. The molecule has 1 aromatic heterocycles. The van der Waals surface area contributed by atoms with Crippen LogP contribution in [0.5, 0.6) is 0 Å². The number of amides is 3. The van der Waals surface area contributed by atoms with Gasteiger partial charge < -0.3 is 10.3 Å². The lowest BCUT2D eigenvalue weighted by Gasteiger charge is -2.13. The second-order valence-corrected chi connectivity index (χ2v) is 8.15. The van der Waals surface area contributed by atoms with Crippen molar-refractivity contribution in [3.05, 3.63) is 68.8 Å². The van der Waals surface area contributed by atoms with Crippen molar-refractivity contribution < 1.29 is 14.4 Å². The fourth-order valence-electron chi connectivity index (χ4n) is 3.59. The third-order valence-electron chi connectivity index (χ3n) is 5.36. The van der Waals surface area contributed by atoms with Gasteiger partial charge in [0.15, 0.2) is 0 Å². The van der Waals surface area contributed by atoms with Crippen LogP contribution < -0.4 is 5.32 Å². The van der Waals surface area contributed by atoms with Crippen LogP contribution in [0.4, 0.5) is 0 Å². The minimum absolute atomic E-state index is 0.0605. The van der Waals surface area contributed by atoms with Gasteiger partial charge >= 0.3 is 0 Å². The molecule has 148 valence electrons. The average molecular weight is 454 g/mol. The van der Waals surface area contributed by atoms with E-state index in [2.05, 4.69) is 39.2 Å². The lowest BCUT2D eigenvalue weighted by molar-refractivity contribution is -0.121. The van der Waals surface area contributed by atoms with Crippen molar-refractivity contribution in [1.82, 2.24) is 15.2 Å². The maximum absolute atomic E-state index is 12.5. The van der Waals surface area contributed by atoms with Gasteiger partial charge in [0.1, 0.15) is 0 Å². The first-order valence-electron chi connectivity index (χ1n) is 9.35. The molecular weight excluding hydrogens is 434 g/mol. The Morgan fingerprint density at radius 2 is 1.83 bits per heavy atom. The van der Waals surface area contributed by atoms with Crippen molar-refractivity contribution in [2.75, 3.05) is 6.54 Å². The molecule has 7 heteroatoms. The molecule has 2 N–H and O–H groups in total. The molecule has 2 aromatic carbocycles. The van der Waals surface area contributed by atoms with Crippen LogP contribution in [0.1, 0.15) is 44.0 Å². The van der Waals surface area contributed by atoms with Crippen molar-refractivity contribution >= 4 is 44.6 Å². The van der Waals surface area contributed by atoms with Gasteiger partial charge in [-0.25, -0.2) is 0 Å². The van der Waals surface area contributed by atoms with Crippen LogP contribution >= 0.6 is 15.9 Å². The highest BCUT2D eigenvalue weighted by Crippen LogP contribution is 2.26. The van der Waals surface area contributed by atoms with Crippen LogP contribution in [0.2, 0.25) is 0 Å². The molecule has 0 atom stereocenters. The Balaban J connectivity index is 1.36. The Morgan fingerprint density at radius 1 is 1.07 bits per heavy atom. The van der Waals surface area contributed by atoms with Crippen LogP contribution in [0.3, 0.4) is 0 Å². The van der Waals surface area contributed by atoms with E-state index >= 15 is 0 Å². The summed E-state index contributed by atoms with van der Waals surface area (Å²) >= 11 is 3.31. The van der Waals surface area contributed by atoms with Crippen LogP contribution in [0, 0.1) is 13.8 Å². The second kappa shape index (κ2) is 7.48. The molecule has 0 bridgehead atoms. The van der Waals surface area contributed by atoms with Crippen molar-refractivity contribution in [3.63, 3.8) is 0 Å². The zero-order valence-electron chi connectivity index (χ0n) is 16.1. The smallest absolute Gasteiger partial charge is 0.261 e. The lowest BCUT2D eigenvalue weighted by atomic mass is 10.1. The number of benzene rings is 2. The Labute approximate surface area is 176 Å². The number of halogens is 1. The topological polar surface area (TPSA) is 82.3 Å². The number of carbonyl (C=O) groups excluding carboxylic acids is 3. The highest BCUT2D eigenvalue weighted by molar-refractivity contribution is 9.10. The van der Waals surface area contributed by atoms with Crippen molar-refractivity contribution in [1.29, 1.82) is 0 Å². The fraction of sp³-hybridized carbons (Fsp3) is 0.227. The molecule has 2 heterocycles. The summed E-state index contributed by atoms with van der Waals surface area (Å²) in [5.74, 6) is -0.915. The van der Waals surface area contributed by atoms with E-state index in [1.54, 1.807) is 18.2 Å². The van der Waals surface area contributed by atoms with Gasteiger partial charge in [0, 0.05) is 40.6 Å². The molecule has 0 unspecified atom stereocenters. The van der Waals surface area contributed by atoms with Gasteiger partial charge in [-0.15, -0.1) is 0 Å². The molecule has 0 saturated carbocycles. The summed E-state index contributed by atoms with van der Waals surface area (Å²) in [7, 11) is 0. The first-order valence-corrected chi connectivity index (χ1v) is 10.1. The largest absolute Gasteiger partial charge is 0.358 e. The molecular formula is C22H20BrN3O3. The molecule has 3 aromatic rings. The third-order valence-corrected chi connectivity index (χ3v) is 5.85. The van der Waals surface area contributed by atoms with E-state index in [0.717, 1.165) is 31.5 Å². The van der Waals surface area contributed by atoms with Crippen molar-refractivity contribution in [2.45, 2.75) is 26.8 Å². The maximum Gasteiger partial charge on any atom is 0.261 e. The van der Waals surface area contributed by atoms with Gasteiger partial charge in [0.2, 0.25) is 5.91 Å². The van der Waals surface area contributed by atoms with Crippen LogP contribution in [0.15, 0.2) is 40.9 Å². The lowest BCUT2D eigenvalue weighted by Crippen LogP contribution is -2.34. The number of hydrogen-bond acceptors (Lipinski definition) is 3. The normalized spacial score (nSPS) is 13.3. The molecule has 0 fully saturated rings. The molecule has 1 aliphatic rings. The molecule has 0 radical (unpaired) electrons. The Kier molecular flexibility index (Phi) is 5.00. The average Bonchev–Trinajstić information content (AvgIpc) is 3.11. The van der Waals surface area contributed by atoms with E-state index in [1.165, 1.54) is 5.56 Å². The number of fused-ring (bicyclic) bond motifs is 2. The summed E-state index contributed by atoms with van der Waals surface area (Å²) in [5.41, 5.74) is 5.16. The van der Waals surface area contributed by atoms with E-state index in [-0.39, 0.29) is 30.7 Å². The number of imide groups is 1. The predicted octanol–water partition coefficient (Wildman–Crippen LogP) is 3.85. The summed E-state index contributed by atoms with van der Waals surface area (Å²) in [6.45, 7) is 4.56. The first-order chi connectivity index (χ1) is 13.8. The van der Waals surface area contributed by atoms with E-state index in [9.17, 15) is 14.4 Å². The highest BCUT2D eigenvalue weighted by Gasteiger charge is 2.35. The zero-order valence-corrected chi connectivity index (χ0v) is 17.7. The zero-order chi connectivity index (χ0) is 20.7. The van der Waals surface area contributed by atoms with Crippen LogP contribution in [0.25, 0.3) is 10.9 Å². The van der Waals surface area contributed by atoms with Crippen molar-refractivity contribution in [3.8, 4) is 0 Å². The summed E-state index contributed by atoms with van der Waals surface area (Å²) < 4.78 is 0.738. The predicted molar refractivity (Wildman–Crippen MR) is 114 cm³/mol. The number of nitrogens with one attached hydrogen (secondary N) is 2. The van der Waals surface area contributed by atoms with Crippen molar-refractivity contribution in [2.24, 2.45) is 0 Å². The maximum atomic E-state index is 12.5. The van der Waals surface area contributed by atoms with E-state index in [4.69, 9.17) is 0 Å². The third kappa shape index (κ3) is 3.58. The number of nitrogens with zero attached hydrogens (tertiary/aromatic N) is 1. The number of rotatable bonds is 5. The summed E-state index contributed by atoms with van der Waals surface area (Å²) in [6.07, 6.45) is 0.0666. The minimum Gasteiger partial charge on any atom is -0.358 e. The van der Waals surface area contributed by atoms with Gasteiger partial charge in [-0.05, 0) is 55.3 Å². The van der Waals surface area contributed by atoms with E-state index in [0.29, 0.717) is 17.7 Å². The standard InChI is InChI=1S/C22H20BrN3O3/c1-12-13(2)25-19-6-3-14(9-17(12)19)11-24-20(27)7-8-26-21(28)16-5-4-15(23)10-18(16)22(26)29/h3-6,9-10,25H,7-8,11H2,1-2H3,(H,24,27). The number of carbonyl (C=O) groups is 3. The molecule has 0 spiro atoms. The number of H-pyrrole nitrogens is 1. The van der Waals surface area contributed by atoms with Gasteiger partial charge in [-0.1, -0.05) is 22.0 Å². The molecule has 4 rings (SSSR count). The van der Waals surface area contributed by atoms with E-state index in [1.807, 2.05) is 19.1 Å². The Hall–Kier alpha value is -2.93.